The minimum absolute atomic E-state index is 0.00858. The number of aliphatic hydroxyl groups excluding tert-OH is 2. The SMILES string of the molecule is Cc1cn([C@@H]2O[C@]3(CO)CO[Si](C(C)C)(C(C)C)O[Si](C(C)C)(C(C)C)OC3C2O)c(=O)[nH]c1=O. The average Bonchev–Trinajstić information content (AvgIpc) is 3.01. The second kappa shape index (κ2) is 9.97. The van der Waals surface area contributed by atoms with Gasteiger partial charge in [0.1, 0.15) is 17.8 Å². The summed E-state index contributed by atoms with van der Waals surface area (Å²) in [5, 5.41) is 22.2. The fourth-order valence-electron chi connectivity index (χ4n) is 5.45. The first kappa shape index (κ1) is 28.4. The van der Waals surface area contributed by atoms with Crippen LogP contribution in [0.25, 0.3) is 0 Å². The van der Waals surface area contributed by atoms with E-state index in [4.69, 9.17) is 17.7 Å². The van der Waals surface area contributed by atoms with Gasteiger partial charge in [-0.2, -0.15) is 0 Å². The Morgan fingerprint density at radius 2 is 1.60 bits per heavy atom. The summed E-state index contributed by atoms with van der Waals surface area (Å²) < 4.78 is 28.2. The maximum absolute atomic E-state index is 12.7. The Labute approximate surface area is 209 Å². The Morgan fingerprint density at radius 3 is 2.09 bits per heavy atom. The molecular weight excluding hydrogens is 488 g/mol. The molecule has 12 heteroatoms. The highest BCUT2D eigenvalue weighted by atomic mass is 28.5. The number of H-pyrrole nitrogens is 1. The van der Waals surface area contributed by atoms with E-state index in [0.717, 1.165) is 4.57 Å². The van der Waals surface area contributed by atoms with Gasteiger partial charge < -0.3 is 27.9 Å². The van der Waals surface area contributed by atoms with Crippen molar-refractivity contribution in [2.45, 2.75) is 109 Å². The summed E-state index contributed by atoms with van der Waals surface area (Å²) in [6, 6.07) is 0. The summed E-state index contributed by atoms with van der Waals surface area (Å²) in [6.45, 7) is 17.6. The first-order valence-corrected chi connectivity index (χ1v) is 16.4. The second-order valence-corrected chi connectivity index (χ2v) is 20.0. The number of nitrogens with zero attached hydrogens (tertiary/aromatic N) is 1. The van der Waals surface area contributed by atoms with Gasteiger partial charge in [-0.3, -0.25) is 14.3 Å². The van der Waals surface area contributed by atoms with Crippen LogP contribution in [0.15, 0.2) is 15.8 Å². The van der Waals surface area contributed by atoms with Gasteiger partial charge in [0, 0.05) is 11.8 Å². The Hall–Kier alpha value is -1.13. The molecular formula is C23H42N2O8Si2. The maximum atomic E-state index is 12.7. The van der Waals surface area contributed by atoms with Crippen molar-refractivity contribution in [3.8, 4) is 0 Å². The first-order chi connectivity index (χ1) is 16.2. The van der Waals surface area contributed by atoms with E-state index in [2.05, 4.69) is 60.4 Å². The first-order valence-electron chi connectivity index (χ1n) is 12.5. The van der Waals surface area contributed by atoms with Crippen molar-refractivity contribution in [1.82, 2.24) is 9.55 Å². The molecule has 0 aromatic carbocycles. The normalized spacial score (nSPS) is 30.7. The molecule has 200 valence electrons. The number of hydrogen-bond acceptors (Lipinski definition) is 8. The molecule has 2 aliphatic heterocycles. The predicted molar refractivity (Wildman–Crippen MR) is 136 cm³/mol. The Balaban J connectivity index is 2.21. The molecule has 1 aromatic rings. The van der Waals surface area contributed by atoms with Gasteiger partial charge in [0.2, 0.25) is 0 Å². The van der Waals surface area contributed by atoms with Gasteiger partial charge in [-0.1, -0.05) is 55.4 Å². The van der Waals surface area contributed by atoms with Gasteiger partial charge in [-0.15, -0.1) is 0 Å². The van der Waals surface area contributed by atoms with E-state index in [0.29, 0.717) is 5.56 Å². The number of aromatic nitrogens is 2. The molecule has 3 N–H and O–H groups in total. The quantitative estimate of drug-likeness (QED) is 0.478. The van der Waals surface area contributed by atoms with Crippen LogP contribution in [0.1, 0.15) is 67.2 Å². The number of nitrogens with one attached hydrogen (secondary N) is 1. The molecule has 2 aliphatic rings. The number of fused-ring (bicyclic) bond motifs is 1. The standard InChI is InChI=1S/C23H42N2O8Si2/c1-13(2)34(14(3)4)30-12-23(11-26)19(32-35(33-34,15(5)6)16(7)8)18(27)21(31-23)25-10-17(9)20(28)24-22(25)29/h10,13-16,18-19,21,26-27H,11-12H2,1-9H3,(H,24,28,29)/t18?,19?,21-,23-/m1/s1. The molecule has 3 heterocycles. The van der Waals surface area contributed by atoms with Crippen molar-refractivity contribution in [2.75, 3.05) is 13.2 Å². The minimum atomic E-state index is -3.10. The summed E-state index contributed by atoms with van der Waals surface area (Å²) in [6.07, 6.45) is -2.14. The zero-order valence-corrected chi connectivity index (χ0v) is 24.3. The van der Waals surface area contributed by atoms with E-state index in [1.165, 1.54) is 6.20 Å². The third kappa shape index (κ3) is 4.56. The summed E-state index contributed by atoms with van der Waals surface area (Å²) in [5.41, 5.74) is -2.14. The Bertz CT molecular complexity index is 1010. The zero-order valence-electron chi connectivity index (χ0n) is 22.3. The van der Waals surface area contributed by atoms with Gasteiger partial charge in [-0.05, 0) is 29.1 Å². The van der Waals surface area contributed by atoms with Crippen molar-refractivity contribution in [1.29, 1.82) is 0 Å². The van der Waals surface area contributed by atoms with Gasteiger partial charge in [0.15, 0.2) is 6.23 Å². The van der Waals surface area contributed by atoms with Crippen molar-refractivity contribution in [3.63, 3.8) is 0 Å². The van der Waals surface area contributed by atoms with Gasteiger partial charge in [-0.25, -0.2) is 4.79 Å². The Morgan fingerprint density at radius 1 is 1.06 bits per heavy atom. The summed E-state index contributed by atoms with van der Waals surface area (Å²) in [7, 11) is -6.00. The van der Waals surface area contributed by atoms with Crippen LogP contribution in [0, 0.1) is 6.92 Å². The van der Waals surface area contributed by atoms with Crippen molar-refractivity contribution < 1.29 is 27.9 Å². The molecule has 0 bridgehead atoms. The van der Waals surface area contributed by atoms with Crippen molar-refractivity contribution in [3.05, 3.63) is 32.6 Å². The maximum Gasteiger partial charge on any atom is 0.335 e. The molecule has 10 nitrogen and oxygen atoms in total. The van der Waals surface area contributed by atoms with Crippen LogP contribution >= 0.6 is 0 Å². The lowest BCUT2D eigenvalue weighted by Gasteiger charge is -2.53. The van der Waals surface area contributed by atoms with Crippen LogP contribution in [-0.4, -0.2) is 67.9 Å². The van der Waals surface area contributed by atoms with Crippen molar-refractivity contribution in [2.24, 2.45) is 0 Å². The molecule has 0 aliphatic carbocycles. The van der Waals surface area contributed by atoms with E-state index in [9.17, 15) is 19.8 Å². The van der Waals surface area contributed by atoms with Crippen molar-refractivity contribution >= 4 is 17.1 Å². The molecule has 2 unspecified atom stereocenters. The van der Waals surface area contributed by atoms with Crippen LogP contribution in [-0.2, 0) is 17.7 Å². The second-order valence-electron chi connectivity index (χ2n) is 11.2. The smallest absolute Gasteiger partial charge is 0.335 e. The number of rotatable bonds is 6. The largest absolute Gasteiger partial charge is 0.414 e. The number of aryl methyl sites for hydroxylation is 1. The van der Waals surface area contributed by atoms with E-state index >= 15 is 0 Å². The monoisotopic (exact) mass is 530 g/mol. The molecule has 0 amide bonds. The fraction of sp³-hybridized carbons (Fsp3) is 0.826. The molecule has 0 radical (unpaired) electrons. The van der Waals surface area contributed by atoms with Crippen LogP contribution in [0.2, 0.25) is 22.2 Å². The molecule has 4 atom stereocenters. The molecule has 0 saturated carbocycles. The number of ether oxygens (including phenoxy) is 1. The number of aliphatic hydroxyl groups is 2. The number of aromatic amines is 1. The third-order valence-electron chi connectivity index (χ3n) is 7.56. The molecule has 2 saturated heterocycles. The average molecular weight is 531 g/mol. The van der Waals surface area contributed by atoms with Gasteiger partial charge >= 0.3 is 22.8 Å². The topological polar surface area (TPSA) is 132 Å². The van der Waals surface area contributed by atoms with Gasteiger partial charge in [0.25, 0.3) is 5.56 Å². The minimum Gasteiger partial charge on any atom is -0.414 e. The van der Waals surface area contributed by atoms with E-state index in [1.54, 1.807) is 6.92 Å². The number of hydrogen-bond donors (Lipinski definition) is 3. The molecule has 1 aromatic heterocycles. The molecule has 3 rings (SSSR count). The molecule has 2 fully saturated rings. The lowest BCUT2D eigenvalue weighted by atomic mass is 9.97. The van der Waals surface area contributed by atoms with Crippen LogP contribution < -0.4 is 11.2 Å². The highest BCUT2D eigenvalue weighted by Crippen LogP contribution is 2.50. The third-order valence-corrected chi connectivity index (χ3v) is 17.8. The van der Waals surface area contributed by atoms with E-state index in [1.807, 2.05) is 0 Å². The molecule has 35 heavy (non-hydrogen) atoms. The highest BCUT2D eigenvalue weighted by molar-refractivity contribution is 6.84. The van der Waals surface area contributed by atoms with Crippen LogP contribution in [0.4, 0.5) is 0 Å². The Kier molecular flexibility index (Phi) is 8.10. The zero-order chi connectivity index (χ0) is 26.5. The fourth-order valence-corrected chi connectivity index (χ4v) is 16.7. The van der Waals surface area contributed by atoms with Gasteiger partial charge in [0.05, 0.1) is 13.2 Å². The molecule has 0 spiro atoms. The highest BCUT2D eigenvalue weighted by Gasteiger charge is 2.66. The lowest BCUT2D eigenvalue weighted by molar-refractivity contribution is -0.155. The summed E-state index contributed by atoms with van der Waals surface area (Å²) >= 11 is 0. The van der Waals surface area contributed by atoms with Crippen LogP contribution in [0.3, 0.4) is 0 Å². The predicted octanol–water partition coefficient (Wildman–Crippen LogP) is 2.42. The summed E-state index contributed by atoms with van der Waals surface area (Å²) in [4.78, 5) is 26.8. The summed E-state index contributed by atoms with van der Waals surface area (Å²) in [5.74, 6) is 0. The van der Waals surface area contributed by atoms with E-state index < -0.39 is 59.0 Å². The van der Waals surface area contributed by atoms with Crippen LogP contribution in [0.5, 0.6) is 0 Å². The van der Waals surface area contributed by atoms with E-state index in [-0.39, 0.29) is 28.8 Å². The lowest BCUT2D eigenvalue weighted by Crippen LogP contribution is -2.69.